The Hall–Kier alpha value is -3.03. The van der Waals surface area contributed by atoms with Crippen LogP contribution in [-0.4, -0.2) is 48.4 Å². The number of hydrogen-bond acceptors (Lipinski definition) is 5. The lowest BCUT2D eigenvalue weighted by Gasteiger charge is -2.16. The molecule has 3 aromatic heterocycles. The van der Waals surface area contributed by atoms with Gasteiger partial charge in [-0.3, -0.25) is 14.3 Å². The second-order valence-electron chi connectivity index (χ2n) is 5.47. The SMILES string of the molecule is O=C(c1ccccn1)N1CCC(n2c(=O)[nH]c3cncnc32)C1. The molecule has 1 aliphatic heterocycles. The zero-order valence-electron chi connectivity index (χ0n) is 12.2. The van der Waals surface area contributed by atoms with Gasteiger partial charge in [0.05, 0.1) is 12.2 Å². The van der Waals surface area contributed by atoms with E-state index in [2.05, 4.69) is 19.9 Å². The molecule has 8 heteroatoms. The van der Waals surface area contributed by atoms with Crippen LogP contribution in [0.2, 0.25) is 0 Å². The Kier molecular flexibility index (Phi) is 3.14. The average Bonchev–Trinajstić information content (AvgIpc) is 3.18. The molecule has 23 heavy (non-hydrogen) atoms. The lowest BCUT2D eigenvalue weighted by atomic mass is 10.2. The first-order chi connectivity index (χ1) is 11.2. The molecule has 4 heterocycles. The summed E-state index contributed by atoms with van der Waals surface area (Å²) in [6.45, 7) is 1.05. The molecule has 1 atom stereocenters. The minimum atomic E-state index is -0.224. The number of nitrogens with zero attached hydrogens (tertiary/aromatic N) is 5. The number of amides is 1. The highest BCUT2D eigenvalue weighted by Gasteiger charge is 2.30. The van der Waals surface area contributed by atoms with Crippen molar-refractivity contribution in [3.63, 3.8) is 0 Å². The lowest BCUT2D eigenvalue weighted by Crippen LogP contribution is -2.31. The number of pyridine rings is 1. The summed E-state index contributed by atoms with van der Waals surface area (Å²) in [5, 5.41) is 0. The van der Waals surface area contributed by atoms with Crippen LogP contribution in [0.15, 0.2) is 41.7 Å². The van der Waals surface area contributed by atoms with Gasteiger partial charge >= 0.3 is 5.69 Å². The standard InChI is InChI=1S/C15H14N6O2/c22-14(11-3-1-2-5-17-11)20-6-4-10(8-20)21-13-12(19-15(21)23)7-16-9-18-13/h1-3,5,7,9-10H,4,6,8H2,(H,19,23). The Morgan fingerprint density at radius 2 is 2.22 bits per heavy atom. The van der Waals surface area contributed by atoms with E-state index in [0.717, 1.165) is 0 Å². The fraction of sp³-hybridized carbons (Fsp3) is 0.267. The first-order valence-corrected chi connectivity index (χ1v) is 7.34. The number of likely N-dealkylation sites (tertiary alicyclic amines) is 1. The summed E-state index contributed by atoms with van der Waals surface area (Å²) >= 11 is 0. The van der Waals surface area contributed by atoms with E-state index in [4.69, 9.17) is 0 Å². The van der Waals surface area contributed by atoms with Crippen LogP contribution >= 0.6 is 0 Å². The first kappa shape index (κ1) is 13.6. The molecule has 1 fully saturated rings. The molecule has 0 bridgehead atoms. The average molecular weight is 310 g/mol. The molecule has 3 aromatic rings. The molecule has 0 radical (unpaired) electrons. The summed E-state index contributed by atoms with van der Waals surface area (Å²) in [6, 6.07) is 5.16. The zero-order valence-corrected chi connectivity index (χ0v) is 12.2. The Morgan fingerprint density at radius 3 is 3.04 bits per heavy atom. The highest BCUT2D eigenvalue weighted by Crippen LogP contribution is 2.23. The Labute approximate surface area is 130 Å². The summed E-state index contributed by atoms with van der Waals surface area (Å²) in [7, 11) is 0. The second kappa shape index (κ2) is 5.31. The van der Waals surface area contributed by atoms with E-state index in [1.807, 2.05) is 0 Å². The number of hydrogen-bond donors (Lipinski definition) is 1. The number of fused-ring (bicyclic) bond motifs is 1. The monoisotopic (exact) mass is 310 g/mol. The van der Waals surface area contributed by atoms with Crippen molar-refractivity contribution in [2.45, 2.75) is 12.5 Å². The quantitative estimate of drug-likeness (QED) is 0.747. The first-order valence-electron chi connectivity index (χ1n) is 7.34. The lowest BCUT2D eigenvalue weighted by molar-refractivity contribution is 0.0782. The molecular formula is C15H14N6O2. The van der Waals surface area contributed by atoms with Crippen LogP contribution in [0.25, 0.3) is 11.2 Å². The maximum Gasteiger partial charge on any atom is 0.328 e. The second-order valence-corrected chi connectivity index (χ2v) is 5.47. The van der Waals surface area contributed by atoms with Gasteiger partial charge in [0.2, 0.25) is 0 Å². The van der Waals surface area contributed by atoms with Gasteiger partial charge in [-0.15, -0.1) is 0 Å². The van der Waals surface area contributed by atoms with Crippen molar-refractivity contribution in [2.24, 2.45) is 0 Å². The summed E-state index contributed by atoms with van der Waals surface area (Å²) in [5.41, 5.74) is 1.37. The number of carbonyl (C=O) groups excluding carboxylic acids is 1. The highest BCUT2D eigenvalue weighted by atomic mass is 16.2. The van der Waals surface area contributed by atoms with Crippen LogP contribution in [0.5, 0.6) is 0 Å². The molecule has 1 aliphatic rings. The van der Waals surface area contributed by atoms with Gasteiger partial charge in [-0.2, -0.15) is 0 Å². The molecule has 1 saturated heterocycles. The van der Waals surface area contributed by atoms with E-state index >= 15 is 0 Å². The number of carbonyl (C=O) groups is 1. The molecule has 4 rings (SSSR count). The Morgan fingerprint density at radius 1 is 1.30 bits per heavy atom. The van der Waals surface area contributed by atoms with Gasteiger partial charge in [-0.1, -0.05) is 6.07 Å². The largest absolute Gasteiger partial charge is 0.335 e. The predicted molar refractivity (Wildman–Crippen MR) is 81.9 cm³/mol. The van der Waals surface area contributed by atoms with Gasteiger partial charge in [0.1, 0.15) is 17.5 Å². The number of aromatic nitrogens is 5. The number of aromatic amines is 1. The molecule has 0 aromatic carbocycles. The van der Waals surface area contributed by atoms with E-state index in [1.54, 1.807) is 40.1 Å². The van der Waals surface area contributed by atoms with E-state index in [1.165, 1.54) is 6.33 Å². The third-order valence-corrected chi connectivity index (χ3v) is 4.08. The topological polar surface area (TPSA) is 96.8 Å². The number of rotatable bonds is 2. The molecule has 0 spiro atoms. The minimum absolute atomic E-state index is 0.0983. The minimum Gasteiger partial charge on any atom is -0.335 e. The van der Waals surface area contributed by atoms with Crippen molar-refractivity contribution in [1.29, 1.82) is 0 Å². The van der Waals surface area contributed by atoms with Crippen molar-refractivity contribution >= 4 is 17.1 Å². The van der Waals surface area contributed by atoms with Gasteiger partial charge in [0, 0.05) is 19.3 Å². The van der Waals surface area contributed by atoms with Crippen molar-refractivity contribution in [2.75, 3.05) is 13.1 Å². The maximum absolute atomic E-state index is 12.5. The van der Waals surface area contributed by atoms with E-state index in [0.29, 0.717) is 36.4 Å². The molecular weight excluding hydrogens is 296 g/mol. The molecule has 1 unspecified atom stereocenters. The van der Waals surface area contributed by atoms with Gasteiger partial charge in [0.15, 0.2) is 5.65 Å². The van der Waals surface area contributed by atoms with Crippen LogP contribution in [0.1, 0.15) is 23.0 Å². The summed E-state index contributed by atoms with van der Waals surface area (Å²) < 4.78 is 1.61. The van der Waals surface area contributed by atoms with Crippen molar-refractivity contribution < 1.29 is 4.79 Å². The van der Waals surface area contributed by atoms with E-state index < -0.39 is 0 Å². The van der Waals surface area contributed by atoms with E-state index in [-0.39, 0.29) is 17.6 Å². The molecule has 0 aliphatic carbocycles. The van der Waals surface area contributed by atoms with Crippen molar-refractivity contribution in [3.8, 4) is 0 Å². The molecule has 1 N–H and O–H groups in total. The van der Waals surface area contributed by atoms with Gasteiger partial charge in [-0.05, 0) is 18.6 Å². The molecule has 1 amide bonds. The number of H-pyrrole nitrogens is 1. The normalized spacial score (nSPS) is 17.7. The van der Waals surface area contributed by atoms with Crippen LogP contribution in [0.3, 0.4) is 0 Å². The van der Waals surface area contributed by atoms with Crippen LogP contribution in [0.4, 0.5) is 0 Å². The van der Waals surface area contributed by atoms with Crippen LogP contribution in [-0.2, 0) is 0 Å². The highest BCUT2D eigenvalue weighted by molar-refractivity contribution is 5.92. The Bertz CT molecular complexity index is 916. The van der Waals surface area contributed by atoms with Gasteiger partial charge in [0.25, 0.3) is 5.91 Å². The third kappa shape index (κ3) is 2.28. The fourth-order valence-corrected chi connectivity index (χ4v) is 3.00. The predicted octanol–water partition coefficient (Wildman–Crippen LogP) is 0.602. The molecule has 8 nitrogen and oxygen atoms in total. The summed E-state index contributed by atoms with van der Waals surface area (Å²) in [6.07, 6.45) is 5.29. The summed E-state index contributed by atoms with van der Waals surface area (Å²) in [4.78, 5) is 41.3. The molecule has 0 saturated carbocycles. The van der Waals surface area contributed by atoms with Crippen LogP contribution < -0.4 is 5.69 Å². The van der Waals surface area contributed by atoms with Crippen molar-refractivity contribution in [1.82, 2.24) is 29.4 Å². The van der Waals surface area contributed by atoms with Gasteiger partial charge < -0.3 is 9.88 Å². The zero-order chi connectivity index (χ0) is 15.8. The Balaban J connectivity index is 1.62. The van der Waals surface area contributed by atoms with Crippen molar-refractivity contribution in [3.05, 3.63) is 53.1 Å². The van der Waals surface area contributed by atoms with Crippen LogP contribution in [0, 0.1) is 0 Å². The third-order valence-electron chi connectivity index (χ3n) is 4.08. The fourth-order valence-electron chi connectivity index (χ4n) is 3.00. The van der Waals surface area contributed by atoms with Gasteiger partial charge in [-0.25, -0.2) is 14.8 Å². The molecule has 116 valence electrons. The summed E-state index contributed by atoms with van der Waals surface area (Å²) in [5.74, 6) is -0.115. The number of imidazole rings is 1. The van der Waals surface area contributed by atoms with E-state index in [9.17, 15) is 9.59 Å². The maximum atomic E-state index is 12.5. The smallest absolute Gasteiger partial charge is 0.328 e. The number of nitrogens with one attached hydrogen (secondary N) is 1.